The SMILES string of the molecule is C=C(COC(=O)CC)COC(=O)CC. The maximum absolute atomic E-state index is 10.7. The zero-order valence-electron chi connectivity index (χ0n) is 8.67. The zero-order valence-corrected chi connectivity index (χ0v) is 8.67. The third-order valence-corrected chi connectivity index (χ3v) is 1.45. The predicted octanol–water partition coefficient (Wildman–Crippen LogP) is 1.45. The van der Waals surface area contributed by atoms with Gasteiger partial charge in [0.1, 0.15) is 13.2 Å². The van der Waals surface area contributed by atoms with E-state index in [1.165, 1.54) is 0 Å². The van der Waals surface area contributed by atoms with Crippen molar-refractivity contribution in [3.05, 3.63) is 12.2 Å². The van der Waals surface area contributed by atoms with Gasteiger partial charge in [0.25, 0.3) is 0 Å². The summed E-state index contributed by atoms with van der Waals surface area (Å²) in [6.07, 6.45) is 0.671. The number of hydrogen-bond acceptors (Lipinski definition) is 4. The molecule has 0 radical (unpaired) electrons. The highest BCUT2D eigenvalue weighted by atomic mass is 16.5. The Balaban J connectivity index is 3.56. The predicted molar refractivity (Wildman–Crippen MR) is 51.6 cm³/mol. The zero-order chi connectivity index (χ0) is 11.0. The number of carbonyl (C=O) groups is 2. The van der Waals surface area contributed by atoms with Gasteiger partial charge in [-0.3, -0.25) is 9.59 Å². The molecule has 4 heteroatoms. The van der Waals surface area contributed by atoms with Gasteiger partial charge in [-0.25, -0.2) is 0 Å². The van der Waals surface area contributed by atoms with Gasteiger partial charge in [0, 0.05) is 12.8 Å². The molecule has 0 fully saturated rings. The summed E-state index contributed by atoms with van der Waals surface area (Å²) in [6, 6.07) is 0. The highest BCUT2D eigenvalue weighted by Crippen LogP contribution is 1.96. The number of ether oxygens (including phenoxy) is 2. The van der Waals surface area contributed by atoms with Crippen molar-refractivity contribution in [2.75, 3.05) is 13.2 Å². The first kappa shape index (κ1) is 12.7. The molecule has 0 spiro atoms. The number of rotatable bonds is 6. The molecule has 0 amide bonds. The lowest BCUT2D eigenvalue weighted by Crippen LogP contribution is -2.11. The van der Waals surface area contributed by atoms with Crippen LogP contribution in [0.4, 0.5) is 0 Å². The average Bonchev–Trinajstić information content (AvgIpc) is 2.22. The largest absolute Gasteiger partial charge is 0.461 e. The molecule has 0 aliphatic heterocycles. The Morgan fingerprint density at radius 3 is 1.64 bits per heavy atom. The first-order valence-corrected chi connectivity index (χ1v) is 4.58. The highest BCUT2D eigenvalue weighted by molar-refractivity contribution is 5.69. The minimum atomic E-state index is -0.284. The minimum Gasteiger partial charge on any atom is -0.461 e. The highest BCUT2D eigenvalue weighted by Gasteiger charge is 2.03. The van der Waals surface area contributed by atoms with Crippen LogP contribution in [0, 0.1) is 0 Å². The molecule has 0 aromatic carbocycles. The standard InChI is InChI=1S/C10H16O4/c1-4-9(11)13-6-8(3)7-14-10(12)5-2/h3-7H2,1-2H3. The summed E-state index contributed by atoms with van der Waals surface area (Å²) in [4.78, 5) is 21.5. The molecule has 0 aliphatic carbocycles. The van der Waals surface area contributed by atoms with Gasteiger partial charge in [-0.15, -0.1) is 0 Å². The molecule has 80 valence electrons. The lowest BCUT2D eigenvalue weighted by Gasteiger charge is -2.07. The summed E-state index contributed by atoms with van der Waals surface area (Å²) in [5, 5.41) is 0. The Kier molecular flexibility index (Phi) is 6.45. The smallest absolute Gasteiger partial charge is 0.305 e. The van der Waals surface area contributed by atoms with E-state index in [1.54, 1.807) is 13.8 Å². The van der Waals surface area contributed by atoms with Crippen molar-refractivity contribution < 1.29 is 19.1 Å². The molecular formula is C10H16O4. The van der Waals surface area contributed by atoms with E-state index in [4.69, 9.17) is 9.47 Å². The van der Waals surface area contributed by atoms with Crippen LogP contribution in [0.5, 0.6) is 0 Å². The Morgan fingerprint density at radius 1 is 1.00 bits per heavy atom. The van der Waals surface area contributed by atoms with Crippen molar-refractivity contribution in [1.82, 2.24) is 0 Å². The van der Waals surface area contributed by atoms with Crippen molar-refractivity contribution in [1.29, 1.82) is 0 Å². The van der Waals surface area contributed by atoms with Crippen LogP contribution in [0.1, 0.15) is 26.7 Å². The second kappa shape index (κ2) is 7.12. The van der Waals surface area contributed by atoms with Gasteiger partial charge in [0.15, 0.2) is 0 Å². The first-order chi connectivity index (χ1) is 6.60. The average molecular weight is 200 g/mol. The van der Waals surface area contributed by atoms with Gasteiger partial charge < -0.3 is 9.47 Å². The maximum Gasteiger partial charge on any atom is 0.305 e. The maximum atomic E-state index is 10.7. The Hall–Kier alpha value is -1.32. The molecule has 0 aliphatic rings. The molecule has 0 N–H and O–H groups in total. The van der Waals surface area contributed by atoms with Gasteiger partial charge in [-0.1, -0.05) is 20.4 Å². The molecule has 0 saturated carbocycles. The van der Waals surface area contributed by atoms with Crippen LogP contribution in [0.2, 0.25) is 0 Å². The number of carbonyl (C=O) groups excluding carboxylic acids is 2. The lowest BCUT2D eigenvalue weighted by atomic mass is 10.3. The molecule has 0 rings (SSSR count). The lowest BCUT2D eigenvalue weighted by molar-refractivity contribution is -0.143. The van der Waals surface area contributed by atoms with Crippen LogP contribution in [0.3, 0.4) is 0 Å². The molecule has 14 heavy (non-hydrogen) atoms. The van der Waals surface area contributed by atoms with Crippen molar-refractivity contribution >= 4 is 11.9 Å². The van der Waals surface area contributed by atoms with Gasteiger partial charge in [0.2, 0.25) is 0 Å². The number of hydrogen-bond donors (Lipinski definition) is 0. The Morgan fingerprint density at radius 2 is 1.36 bits per heavy atom. The molecule has 0 aromatic rings. The van der Waals surface area contributed by atoms with E-state index in [1.807, 2.05) is 0 Å². The Labute approximate surface area is 83.9 Å². The van der Waals surface area contributed by atoms with E-state index in [0.29, 0.717) is 18.4 Å². The Bertz CT molecular complexity index is 198. The van der Waals surface area contributed by atoms with Crippen LogP contribution in [0.15, 0.2) is 12.2 Å². The second-order valence-corrected chi connectivity index (χ2v) is 2.78. The van der Waals surface area contributed by atoms with Crippen molar-refractivity contribution in [2.24, 2.45) is 0 Å². The van der Waals surface area contributed by atoms with Crippen LogP contribution in [-0.2, 0) is 19.1 Å². The van der Waals surface area contributed by atoms with Gasteiger partial charge in [0.05, 0.1) is 0 Å². The third-order valence-electron chi connectivity index (χ3n) is 1.45. The fourth-order valence-corrected chi connectivity index (χ4v) is 0.611. The fourth-order valence-electron chi connectivity index (χ4n) is 0.611. The summed E-state index contributed by atoms with van der Waals surface area (Å²) in [5.74, 6) is -0.569. The van der Waals surface area contributed by atoms with E-state index in [0.717, 1.165) is 0 Å². The van der Waals surface area contributed by atoms with Crippen molar-refractivity contribution in [2.45, 2.75) is 26.7 Å². The fraction of sp³-hybridized carbons (Fsp3) is 0.600. The molecule has 0 heterocycles. The van der Waals surface area contributed by atoms with Gasteiger partial charge in [-0.2, -0.15) is 0 Å². The molecule has 0 bridgehead atoms. The summed E-state index contributed by atoms with van der Waals surface area (Å²) in [5.41, 5.74) is 0.577. The molecule has 0 atom stereocenters. The third kappa shape index (κ3) is 6.22. The number of esters is 2. The van der Waals surface area contributed by atoms with E-state index >= 15 is 0 Å². The van der Waals surface area contributed by atoms with Gasteiger partial charge >= 0.3 is 11.9 Å². The summed E-state index contributed by atoms with van der Waals surface area (Å²) >= 11 is 0. The van der Waals surface area contributed by atoms with Crippen molar-refractivity contribution in [3.63, 3.8) is 0 Å². The van der Waals surface area contributed by atoms with Crippen LogP contribution in [-0.4, -0.2) is 25.2 Å². The van der Waals surface area contributed by atoms with E-state index in [9.17, 15) is 9.59 Å². The van der Waals surface area contributed by atoms with Gasteiger partial charge in [-0.05, 0) is 5.57 Å². The second-order valence-electron chi connectivity index (χ2n) is 2.78. The topological polar surface area (TPSA) is 52.6 Å². The first-order valence-electron chi connectivity index (χ1n) is 4.58. The molecule has 4 nitrogen and oxygen atoms in total. The minimum absolute atomic E-state index is 0.115. The monoisotopic (exact) mass is 200 g/mol. The van der Waals surface area contributed by atoms with Crippen LogP contribution < -0.4 is 0 Å². The van der Waals surface area contributed by atoms with Crippen molar-refractivity contribution in [3.8, 4) is 0 Å². The molecule has 0 saturated heterocycles. The summed E-state index contributed by atoms with van der Waals surface area (Å²) < 4.78 is 9.58. The molecule has 0 unspecified atom stereocenters. The molecular weight excluding hydrogens is 184 g/mol. The normalized spacial score (nSPS) is 9.29. The van der Waals surface area contributed by atoms with E-state index in [-0.39, 0.29) is 25.2 Å². The summed E-state index contributed by atoms with van der Waals surface area (Å²) in [7, 11) is 0. The van der Waals surface area contributed by atoms with Crippen LogP contribution >= 0.6 is 0 Å². The summed E-state index contributed by atoms with van der Waals surface area (Å²) in [6.45, 7) is 7.26. The molecule has 0 aromatic heterocycles. The quantitative estimate of drug-likeness (QED) is 0.481. The van der Waals surface area contributed by atoms with Crippen LogP contribution in [0.25, 0.3) is 0 Å². The van der Waals surface area contributed by atoms with E-state index in [2.05, 4.69) is 6.58 Å². The van der Waals surface area contributed by atoms with E-state index < -0.39 is 0 Å².